The number of hydrogen-bond donors (Lipinski definition) is 2. The maximum absolute atomic E-state index is 12.1. The summed E-state index contributed by atoms with van der Waals surface area (Å²) in [4.78, 5) is 0. The maximum Gasteiger partial charge on any atom is 0.218 e. The molecular weight excluding hydrogens is 228 g/mol. The lowest BCUT2D eigenvalue weighted by Gasteiger charge is -2.34. The van der Waals surface area contributed by atoms with Crippen molar-refractivity contribution >= 4 is 10.0 Å². The molecule has 0 bridgehead atoms. The average molecular weight is 248 g/mol. The van der Waals surface area contributed by atoms with Crippen LogP contribution in [0.4, 0.5) is 0 Å². The molecule has 1 atom stereocenters. The Morgan fingerprint density at radius 1 is 1.44 bits per heavy atom. The van der Waals surface area contributed by atoms with E-state index in [1.165, 1.54) is 4.31 Å². The van der Waals surface area contributed by atoms with Gasteiger partial charge in [0.1, 0.15) is 0 Å². The lowest BCUT2D eigenvalue weighted by Crippen LogP contribution is -2.43. The van der Waals surface area contributed by atoms with Gasteiger partial charge in [-0.15, -0.1) is 0 Å². The van der Waals surface area contributed by atoms with Crippen LogP contribution < -0.4 is 5.32 Å². The zero-order chi connectivity index (χ0) is 11.8. The van der Waals surface area contributed by atoms with Crippen molar-refractivity contribution in [3.8, 4) is 0 Å². The number of sulfonamides is 1. The van der Waals surface area contributed by atoms with Crippen LogP contribution in [0.1, 0.15) is 19.3 Å². The quantitative estimate of drug-likeness (QED) is 0.696. The van der Waals surface area contributed by atoms with E-state index in [1.54, 1.807) is 7.05 Å². The topological polar surface area (TPSA) is 69.6 Å². The lowest BCUT2D eigenvalue weighted by atomic mass is 9.82. The molecule has 0 radical (unpaired) electrons. The maximum atomic E-state index is 12.1. The fourth-order valence-electron chi connectivity index (χ4n) is 2.45. The third-order valence-electron chi connectivity index (χ3n) is 3.60. The molecule has 0 spiro atoms. The summed E-state index contributed by atoms with van der Waals surface area (Å²) in [5.74, 6) is 0.337. The Kier molecular flexibility index (Phi) is 3.53. The summed E-state index contributed by atoms with van der Waals surface area (Å²) in [6.07, 6.45) is 1.97. The molecule has 0 amide bonds. The zero-order valence-electron chi connectivity index (χ0n) is 9.59. The minimum absolute atomic E-state index is 0.214. The van der Waals surface area contributed by atoms with Crippen LogP contribution in [0.25, 0.3) is 0 Å². The molecule has 5 nitrogen and oxygen atoms in total. The molecule has 2 rings (SSSR count). The molecule has 94 valence electrons. The molecule has 16 heavy (non-hydrogen) atoms. The molecule has 0 aromatic heterocycles. The van der Waals surface area contributed by atoms with E-state index in [9.17, 15) is 8.42 Å². The van der Waals surface area contributed by atoms with Crippen molar-refractivity contribution in [2.75, 3.05) is 26.7 Å². The van der Waals surface area contributed by atoms with Crippen LogP contribution in [-0.2, 0) is 10.0 Å². The lowest BCUT2D eigenvalue weighted by molar-refractivity contribution is 0.0366. The number of rotatable bonds is 4. The van der Waals surface area contributed by atoms with Crippen LogP contribution in [-0.4, -0.2) is 55.9 Å². The van der Waals surface area contributed by atoms with Crippen LogP contribution in [0, 0.1) is 5.92 Å². The van der Waals surface area contributed by atoms with Gasteiger partial charge in [-0.1, -0.05) is 0 Å². The van der Waals surface area contributed by atoms with Gasteiger partial charge in [-0.25, -0.2) is 12.7 Å². The Labute approximate surface area is 96.9 Å². The Balaban J connectivity index is 1.89. The van der Waals surface area contributed by atoms with Gasteiger partial charge in [0.2, 0.25) is 10.0 Å². The number of nitrogens with one attached hydrogen (secondary N) is 1. The summed E-state index contributed by atoms with van der Waals surface area (Å²) in [5, 5.41) is 12.0. The van der Waals surface area contributed by atoms with Gasteiger partial charge in [0, 0.05) is 20.1 Å². The highest BCUT2D eigenvalue weighted by Crippen LogP contribution is 2.29. The standard InChI is InChI=1S/C10H20N2O3S/c1-12(7-8-4-9(13)5-8)16(14,15)10-2-3-11-6-10/h8-11,13H,2-7H2,1H3. The Morgan fingerprint density at radius 2 is 2.12 bits per heavy atom. The van der Waals surface area contributed by atoms with Crippen molar-refractivity contribution in [1.82, 2.24) is 9.62 Å². The van der Waals surface area contributed by atoms with Crippen molar-refractivity contribution in [3.63, 3.8) is 0 Å². The second-order valence-corrected chi connectivity index (χ2v) is 7.25. The molecule has 6 heteroatoms. The number of hydrogen-bond acceptors (Lipinski definition) is 4. The first-order valence-corrected chi connectivity index (χ1v) is 7.34. The van der Waals surface area contributed by atoms with Crippen molar-refractivity contribution in [3.05, 3.63) is 0 Å². The van der Waals surface area contributed by atoms with Gasteiger partial charge < -0.3 is 10.4 Å². The summed E-state index contributed by atoms with van der Waals surface area (Å²) in [6, 6.07) is 0. The number of aliphatic hydroxyl groups is 1. The van der Waals surface area contributed by atoms with Crippen molar-refractivity contribution in [2.24, 2.45) is 5.92 Å². The van der Waals surface area contributed by atoms with E-state index in [-0.39, 0.29) is 11.4 Å². The molecule has 0 aromatic rings. The highest BCUT2D eigenvalue weighted by molar-refractivity contribution is 7.89. The van der Waals surface area contributed by atoms with E-state index >= 15 is 0 Å². The van der Waals surface area contributed by atoms with Gasteiger partial charge in [0.15, 0.2) is 0 Å². The van der Waals surface area contributed by atoms with Gasteiger partial charge in [-0.3, -0.25) is 0 Å². The molecule has 2 fully saturated rings. The smallest absolute Gasteiger partial charge is 0.218 e. The fraction of sp³-hybridized carbons (Fsp3) is 1.00. The average Bonchev–Trinajstić information content (AvgIpc) is 2.68. The molecule has 1 saturated carbocycles. The summed E-state index contributed by atoms with van der Waals surface area (Å²) >= 11 is 0. The molecule has 0 aromatic carbocycles. The molecule has 1 saturated heterocycles. The van der Waals surface area contributed by atoms with Gasteiger partial charge in [-0.2, -0.15) is 0 Å². The molecule has 1 aliphatic carbocycles. The van der Waals surface area contributed by atoms with Crippen molar-refractivity contribution in [1.29, 1.82) is 0 Å². The number of aliphatic hydroxyl groups excluding tert-OH is 1. The first kappa shape index (κ1) is 12.3. The van der Waals surface area contributed by atoms with Gasteiger partial charge >= 0.3 is 0 Å². The van der Waals surface area contributed by atoms with Gasteiger partial charge in [-0.05, 0) is 31.7 Å². The second-order valence-electron chi connectivity index (χ2n) is 4.93. The minimum atomic E-state index is -3.14. The monoisotopic (exact) mass is 248 g/mol. The van der Waals surface area contributed by atoms with Crippen LogP contribution in [0.5, 0.6) is 0 Å². The van der Waals surface area contributed by atoms with Crippen LogP contribution in [0.15, 0.2) is 0 Å². The van der Waals surface area contributed by atoms with Crippen molar-refractivity contribution < 1.29 is 13.5 Å². The molecule has 1 heterocycles. The van der Waals surface area contributed by atoms with Crippen LogP contribution in [0.2, 0.25) is 0 Å². The molecule has 2 aliphatic rings. The predicted octanol–water partition coefficient (Wildman–Crippen LogP) is -0.619. The first-order valence-electron chi connectivity index (χ1n) is 5.84. The summed E-state index contributed by atoms with van der Waals surface area (Å²) in [5.41, 5.74) is 0. The molecular formula is C10H20N2O3S. The van der Waals surface area contributed by atoms with E-state index < -0.39 is 10.0 Å². The molecule has 2 N–H and O–H groups in total. The number of nitrogens with zero attached hydrogens (tertiary/aromatic N) is 1. The normalized spacial score (nSPS) is 35.3. The van der Waals surface area contributed by atoms with E-state index in [4.69, 9.17) is 5.11 Å². The highest BCUT2D eigenvalue weighted by Gasteiger charge is 2.35. The predicted molar refractivity (Wildman–Crippen MR) is 61.6 cm³/mol. The highest BCUT2D eigenvalue weighted by atomic mass is 32.2. The third-order valence-corrected chi connectivity index (χ3v) is 5.86. The summed E-state index contributed by atoms with van der Waals surface area (Å²) < 4.78 is 25.7. The summed E-state index contributed by atoms with van der Waals surface area (Å²) in [7, 11) is -1.49. The minimum Gasteiger partial charge on any atom is -0.393 e. The fourth-order valence-corrected chi connectivity index (χ4v) is 4.13. The third kappa shape index (κ3) is 2.40. The van der Waals surface area contributed by atoms with E-state index in [0.717, 1.165) is 19.4 Å². The Bertz CT molecular complexity index is 332. The molecule has 1 unspecified atom stereocenters. The molecule has 1 aliphatic heterocycles. The SMILES string of the molecule is CN(CC1CC(O)C1)S(=O)(=O)C1CCNC1. The summed E-state index contributed by atoms with van der Waals surface area (Å²) in [6.45, 7) is 1.91. The van der Waals surface area contributed by atoms with Crippen LogP contribution in [0.3, 0.4) is 0 Å². The van der Waals surface area contributed by atoms with Crippen molar-refractivity contribution in [2.45, 2.75) is 30.6 Å². The van der Waals surface area contributed by atoms with E-state index in [1.807, 2.05) is 0 Å². The second kappa shape index (κ2) is 4.60. The van der Waals surface area contributed by atoms with Gasteiger partial charge in [0.05, 0.1) is 11.4 Å². The Morgan fingerprint density at radius 3 is 2.62 bits per heavy atom. The Hall–Kier alpha value is -0.170. The van der Waals surface area contributed by atoms with E-state index in [0.29, 0.717) is 25.4 Å². The largest absolute Gasteiger partial charge is 0.393 e. The first-order chi connectivity index (χ1) is 7.50. The van der Waals surface area contributed by atoms with E-state index in [2.05, 4.69) is 5.32 Å². The van der Waals surface area contributed by atoms with Gasteiger partial charge in [0.25, 0.3) is 0 Å². The zero-order valence-corrected chi connectivity index (χ0v) is 10.4. The van der Waals surface area contributed by atoms with Crippen LogP contribution >= 0.6 is 0 Å².